The smallest absolute Gasteiger partial charge is 0.407 e. The quantitative estimate of drug-likeness (QED) is 0.0801. The number of aliphatic carboxylic acids is 2. The Balaban J connectivity index is 0.00000135. The molecule has 0 radical (unpaired) electrons. The first-order valence-corrected chi connectivity index (χ1v) is 18.6. The Morgan fingerprint density at radius 1 is 0.695 bits per heavy atom. The minimum Gasteiger partial charge on any atom is -0.478 e. The zero-order valence-corrected chi connectivity index (χ0v) is 34.6. The first-order chi connectivity index (χ1) is 27.6. The highest BCUT2D eigenvalue weighted by atomic mass is 16.5. The fraction of sp³-hybridized carbons (Fsp3) is 0.405. The topological polar surface area (TPSA) is 246 Å². The molecular formula is C42H56N6O11. The molecule has 7 N–H and O–H groups in total. The molecule has 59 heavy (non-hydrogen) atoms. The summed E-state index contributed by atoms with van der Waals surface area (Å²) in [7, 11) is 2.44. The van der Waals surface area contributed by atoms with E-state index in [-0.39, 0.29) is 19.5 Å². The van der Waals surface area contributed by atoms with Crippen molar-refractivity contribution in [3.63, 3.8) is 0 Å². The van der Waals surface area contributed by atoms with Crippen molar-refractivity contribution in [2.24, 2.45) is 10.8 Å². The molecule has 2 aromatic carbocycles. The van der Waals surface area contributed by atoms with Crippen LogP contribution in [0.25, 0.3) is 11.3 Å². The van der Waals surface area contributed by atoms with Crippen molar-refractivity contribution in [1.82, 2.24) is 31.4 Å². The number of rotatable bonds is 16. The normalized spacial score (nSPS) is 13.4. The summed E-state index contributed by atoms with van der Waals surface area (Å²) >= 11 is 0. The van der Waals surface area contributed by atoms with E-state index in [2.05, 4.69) is 26.4 Å². The number of nitrogens with one attached hydrogen (secondary N) is 4. The Morgan fingerprint density at radius 3 is 1.66 bits per heavy atom. The van der Waals surface area contributed by atoms with Gasteiger partial charge in [0.2, 0.25) is 5.91 Å². The van der Waals surface area contributed by atoms with E-state index in [1.807, 2.05) is 93.6 Å². The third-order valence-corrected chi connectivity index (χ3v) is 8.57. The lowest BCUT2D eigenvalue weighted by Gasteiger charge is -2.35. The number of carboxylic acids is 2. The highest BCUT2D eigenvalue weighted by molar-refractivity contribution is 5.89. The summed E-state index contributed by atoms with van der Waals surface area (Å²) in [5.41, 5.74) is 4.88. The van der Waals surface area contributed by atoms with Gasteiger partial charge < -0.3 is 40.7 Å². The molecule has 4 atom stereocenters. The number of hydrogen-bond donors (Lipinski definition) is 7. The maximum atomic E-state index is 13.8. The number of hydrogen-bond acceptors (Lipinski definition) is 11. The second-order valence-electron chi connectivity index (χ2n) is 15.5. The second kappa shape index (κ2) is 23.2. The zero-order valence-electron chi connectivity index (χ0n) is 34.6. The van der Waals surface area contributed by atoms with Crippen LogP contribution in [0.5, 0.6) is 0 Å². The van der Waals surface area contributed by atoms with E-state index >= 15 is 0 Å². The number of aliphatic hydroxyl groups is 1. The van der Waals surface area contributed by atoms with Gasteiger partial charge in [0.25, 0.3) is 5.91 Å². The number of carboxylic acid groups (broad SMARTS) is 2. The van der Waals surface area contributed by atoms with E-state index in [0.29, 0.717) is 12.2 Å². The van der Waals surface area contributed by atoms with Gasteiger partial charge in [-0.2, -0.15) is 0 Å². The fourth-order valence-electron chi connectivity index (χ4n) is 5.52. The van der Waals surface area contributed by atoms with Crippen LogP contribution in [0.15, 0.2) is 91.1 Å². The molecule has 1 heterocycles. The van der Waals surface area contributed by atoms with Gasteiger partial charge in [0.15, 0.2) is 0 Å². The molecule has 17 nitrogen and oxygen atoms in total. The van der Waals surface area contributed by atoms with E-state index in [0.717, 1.165) is 22.4 Å². The molecule has 0 saturated heterocycles. The summed E-state index contributed by atoms with van der Waals surface area (Å²) in [5, 5.41) is 37.2. The summed E-state index contributed by atoms with van der Waals surface area (Å²) in [6.45, 7) is 10.9. The highest BCUT2D eigenvalue weighted by Gasteiger charge is 2.37. The summed E-state index contributed by atoms with van der Waals surface area (Å²) in [4.78, 5) is 75.4. The van der Waals surface area contributed by atoms with Crippen molar-refractivity contribution >= 4 is 35.9 Å². The van der Waals surface area contributed by atoms with Gasteiger partial charge in [0.05, 0.1) is 32.1 Å². The van der Waals surface area contributed by atoms with E-state index < -0.39 is 71.0 Å². The molecule has 3 aromatic rings. The monoisotopic (exact) mass is 820 g/mol. The number of benzene rings is 2. The maximum absolute atomic E-state index is 13.8. The van der Waals surface area contributed by atoms with Crippen LogP contribution in [0.2, 0.25) is 0 Å². The molecule has 0 saturated carbocycles. The summed E-state index contributed by atoms with van der Waals surface area (Å²) in [5.74, 6) is -3.55. The predicted molar refractivity (Wildman–Crippen MR) is 218 cm³/mol. The number of alkyl carbamates (subject to hydrolysis) is 2. The van der Waals surface area contributed by atoms with Crippen molar-refractivity contribution in [3.8, 4) is 11.3 Å². The van der Waals surface area contributed by atoms with Crippen LogP contribution in [-0.2, 0) is 41.6 Å². The Morgan fingerprint density at radius 2 is 1.20 bits per heavy atom. The van der Waals surface area contributed by atoms with Gasteiger partial charge in [0.1, 0.15) is 12.1 Å². The fourth-order valence-corrected chi connectivity index (χ4v) is 5.52. The van der Waals surface area contributed by atoms with Gasteiger partial charge in [-0.25, -0.2) is 24.2 Å². The van der Waals surface area contributed by atoms with Gasteiger partial charge in [-0.1, -0.05) is 102 Å². The SMILES string of the molecule is COC(=O)NC(C(=O)NC(Cc1ccccc1)C(O)CN(Cc1ccc(-c2ccccn2)cc1)NC(=O)C(NC(=O)OC)C(C)(C)C)C(C)(C)C.O=C(O)/C=C/C(=O)O. The average molecular weight is 821 g/mol. The first-order valence-electron chi connectivity index (χ1n) is 18.6. The molecule has 1 aromatic heterocycles. The molecule has 0 fully saturated rings. The molecule has 0 spiro atoms. The largest absolute Gasteiger partial charge is 0.478 e. The predicted octanol–water partition coefficient (Wildman–Crippen LogP) is 3.92. The minimum absolute atomic E-state index is 0.120. The molecule has 17 heteroatoms. The number of methoxy groups -OCH3 is 2. The molecule has 320 valence electrons. The van der Waals surface area contributed by atoms with Crippen LogP contribution in [0.3, 0.4) is 0 Å². The van der Waals surface area contributed by atoms with Crippen molar-refractivity contribution in [2.75, 3.05) is 20.8 Å². The van der Waals surface area contributed by atoms with E-state index in [4.69, 9.17) is 19.7 Å². The second-order valence-corrected chi connectivity index (χ2v) is 15.5. The Hall–Kier alpha value is -6.33. The van der Waals surface area contributed by atoms with Crippen LogP contribution >= 0.6 is 0 Å². The summed E-state index contributed by atoms with van der Waals surface area (Å²) in [6.07, 6.45) is 0.337. The number of aromatic nitrogens is 1. The number of ether oxygens (including phenoxy) is 2. The molecule has 0 aliphatic rings. The molecule has 3 rings (SSSR count). The zero-order chi connectivity index (χ0) is 44.3. The maximum Gasteiger partial charge on any atom is 0.407 e. The van der Waals surface area contributed by atoms with Crippen LogP contribution in [0, 0.1) is 10.8 Å². The lowest BCUT2D eigenvalue weighted by Crippen LogP contribution is -2.60. The van der Waals surface area contributed by atoms with Crippen LogP contribution < -0.4 is 21.4 Å². The van der Waals surface area contributed by atoms with Crippen molar-refractivity contribution < 1.29 is 53.6 Å². The van der Waals surface area contributed by atoms with Crippen molar-refractivity contribution in [3.05, 3.63) is 102 Å². The number of amides is 4. The van der Waals surface area contributed by atoms with Crippen LogP contribution in [0.4, 0.5) is 9.59 Å². The Labute approximate surface area is 344 Å². The summed E-state index contributed by atoms with van der Waals surface area (Å²) in [6, 6.07) is 19.8. The number of carbonyl (C=O) groups excluding carboxylic acids is 4. The number of aliphatic hydroxyl groups excluding tert-OH is 1. The lowest BCUT2D eigenvalue weighted by atomic mass is 9.85. The van der Waals surface area contributed by atoms with Crippen LogP contribution in [0.1, 0.15) is 52.7 Å². The third kappa shape index (κ3) is 17.8. The molecule has 0 bridgehead atoms. The van der Waals surface area contributed by atoms with Gasteiger partial charge >= 0.3 is 24.1 Å². The van der Waals surface area contributed by atoms with Gasteiger partial charge in [-0.05, 0) is 40.5 Å². The standard InChI is InChI=1S/C38H52N6O7.C4H4O4/c1-37(2,3)31(41-35(48)50-7)33(46)40-29(22-25-14-10-9-11-15-25)30(45)24-44(43-34(47)32(38(4,5)6)42-36(49)51-8)23-26-17-19-27(20-18-26)28-16-12-13-21-39-28;5-3(6)1-2-4(7)8/h9-21,29-32,45H,22-24H2,1-8H3,(H,40,46)(H,41,48)(H,42,49)(H,43,47);1-2H,(H,5,6)(H,7,8)/b;2-1+. The minimum atomic E-state index is -1.26. The van der Waals surface area contributed by atoms with Gasteiger partial charge in [-0.15, -0.1) is 0 Å². The van der Waals surface area contributed by atoms with E-state index in [1.54, 1.807) is 32.0 Å². The third-order valence-electron chi connectivity index (χ3n) is 8.57. The van der Waals surface area contributed by atoms with Gasteiger partial charge in [-0.3, -0.25) is 20.0 Å². The van der Waals surface area contributed by atoms with E-state index in [9.17, 15) is 33.9 Å². The molecule has 0 aliphatic heterocycles. The molecular weight excluding hydrogens is 764 g/mol. The lowest BCUT2D eigenvalue weighted by molar-refractivity contribution is -0.134. The molecule has 4 amide bonds. The Kier molecular flexibility index (Phi) is 19.2. The number of pyridine rings is 1. The van der Waals surface area contributed by atoms with Gasteiger partial charge in [0, 0.05) is 37.0 Å². The summed E-state index contributed by atoms with van der Waals surface area (Å²) < 4.78 is 9.54. The Bertz CT molecular complexity index is 1850. The molecule has 4 unspecified atom stereocenters. The average Bonchev–Trinajstić information content (AvgIpc) is 3.17. The van der Waals surface area contributed by atoms with Crippen LogP contribution in [-0.4, -0.2) is 106 Å². The number of carbonyl (C=O) groups is 6. The number of hydrazine groups is 1. The van der Waals surface area contributed by atoms with Crippen molar-refractivity contribution in [2.45, 2.75) is 78.7 Å². The first kappa shape index (κ1) is 48.8. The number of nitrogens with zero attached hydrogens (tertiary/aromatic N) is 2. The van der Waals surface area contributed by atoms with E-state index in [1.165, 1.54) is 14.2 Å². The molecule has 0 aliphatic carbocycles. The highest BCUT2D eigenvalue weighted by Crippen LogP contribution is 2.23. The van der Waals surface area contributed by atoms with Crippen molar-refractivity contribution in [1.29, 1.82) is 0 Å².